The zero-order chi connectivity index (χ0) is 14.5. The predicted molar refractivity (Wildman–Crippen MR) is 82.9 cm³/mol. The van der Waals surface area contributed by atoms with E-state index in [0.29, 0.717) is 12.5 Å². The normalized spacial score (nSPS) is 19.8. The Balaban J connectivity index is 2.20. The van der Waals surface area contributed by atoms with Crippen molar-refractivity contribution >= 4 is 0 Å². The highest BCUT2D eigenvalue weighted by molar-refractivity contribution is 5.32. The van der Waals surface area contributed by atoms with Crippen LogP contribution in [0, 0.1) is 19.8 Å². The van der Waals surface area contributed by atoms with Crippen molar-refractivity contribution in [1.29, 1.82) is 0 Å². The Bertz CT molecular complexity index is 421. The molecule has 2 rings (SSSR count). The first-order chi connectivity index (χ1) is 9.63. The van der Waals surface area contributed by atoms with E-state index in [-0.39, 0.29) is 6.10 Å². The third-order valence-electron chi connectivity index (χ3n) is 4.54. The summed E-state index contributed by atoms with van der Waals surface area (Å²) in [5.74, 6) is 0.499. The number of aryl methyl sites for hydroxylation is 2. The van der Waals surface area contributed by atoms with Gasteiger partial charge in [0.1, 0.15) is 6.10 Å². The molecule has 1 saturated carbocycles. The zero-order valence-electron chi connectivity index (χ0n) is 13.1. The molecule has 2 heteroatoms. The van der Waals surface area contributed by atoms with Crippen molar-refractivity contribution in [3.63, 3.8) is 0 Å². The quantitative estimate of drug-likeness (QED) is 0.867. The van der Waals surface area contributed by atoms with E-state index in [0.717, 1.165) is 11.1 Å². The molecule has 2 atom stereocenters. The van der Waals surface area contributed by atoms with E-state index in [2.05, 4.69) is 32.0 Å². The second-order valence-electron chi connectivity index (χ2n) is 6.12. The van der Waals surface area contributed by atoms with Crippen molar-refractivity contribution in [3.8, 4) is 0 Å². The minimum Gasteiger partial charge on any atom is -0.386 e. The van der Waals surface area contributed by atoms with Crippen molar-refractivity contribution in [2.45, 2.75) is 65.1 Å². The Morgan fingerprint density at radius 1 is 1.20 bits per heavy atom. The average molecular weight is 276 g/mol. The molecular weight excluding hydrogens is 248 g/mol. The minimum absolute atomic E-state index is 0.0548. The fourth-order valence-corrected chi connectivity index (χ4v) is 3.40. The molecule has 0 saturated heterocycles. The van der Waals surface area contributed by atoms with Crippen LogP contribution in [-0.2, 0) is 4.74 Å². The topological polar surface area (TPSA) is 29.5 Å². The molecule has 112 valence electrons. The summed E-state index contributed by atoms with van der Waals surface area (Å²) in [4.78, 5) is 0. The second-order valence-corrected chi connectivity index (χ2v) is 6.12. The molecule has 1 aliphatic rings. The molecule has 0 radical (unpaired) electrons. The monoisotopic (exact) mass is 276 g/mol. The molecule has 2 unspecified atom stereocenters. The fraction of sp³-hybridized carbons (Fsp3) is 0.667. The van der Waals surface area contributed by atoms with Crippen molar-refractivity contribution in [1.82, 2.24) is 0 Å². The van der Waals surface area contributed by atoms with Crippen LogP contribution in [0.25, 0.3) is 0 Å². The number of ether oxygens (including phenoxy) is 1. The lowest BCUT2D eigenvalue weighted by molar-refractivity contribution is -0.0741. The van der Waals surface area contributed by atoms with Crippen molar-refractivity contribution in [2.75, 3.05) is 6.61 Å². The number of hydrogen-bond donors (Lipinski definition) is 1. The lowest BCUT2D eigenvalue weighted by Gasteiger charge is -2.34. The van der Waals surface area contributed by atoms with E-state index < -0.39 is 6.10 Å². The van der Waals surface area contributed by atoms with Gasteiger partial charge in [0.15, 0.2) is 0 Å². The van der Waals surface area contributed by atoms with Gasteiger partial charge >= 0.3 is 0 Å². The summed E-state index contributed by atoms with van der Waals surface area (Å²) in [6.45, 7) is 6.84. The van der Waals surface area contributed by atoms with Gasteiger partial charge in [-0.15, -0.1) is 0 Å². The van der Waals surface area contributed by atoms with E-state index in [1.165, 1.54) is 37.7 Å². The predicted octanol–water partition coefficient (Wildman–Crippen LogP) is 4.32. The van der Waals surface area contributed by atoms with Gasteiger partial charge in [-0.05, 0) is 50.7 Å². The molecule has 1 N–H and O–H groups in total. The summed E-state index contributed by atoms with van der Waals surface area (Å²) < 4.78 is 5.94. The second kappa shape index (κ2) is 7.24. The zero-order valence-corrected chi connectivity index (χ0v) is 13.1. The van der Waals surface area contributed by atoms with Crippen molar-refractivity contribution < 1.29 is 9.84 Å². The molecular formula is C18H28O2. The smallest absolute Gasteiger partial charge is 0.106 e. The Morgan fingerprint density at radius 2 is 1.90 bits per heavy atom. The third-order valence-corrected chi connectivity index (χ3v) is 4.54. The molecule has 20 heavy (non-hydrogen) atoms. The first-order valence-electron chi connectivity index (χ1n) is 8.00. The fourth-order valence-electron chi connectivity index (χ4n) is 3.40. The van der Waals surface area contributed by atoms with Crippen LogP contribution in [0.3, 0.4) is 0 Å². The Labute approximate surface area is 123 Å². The standard InChI is InChI=1S/C18H28O2/c1-4-20-18(15-8-6-5-7-9-15)17(19)16-12-13(2)10-11-14(16)3/h10-12,15,17-19H,4-9H2,1-3H3. The van der Waals surface area contributed by atoms with Crippen LogP contribution in [0.2, 0.25) is 0 Å². The molecule has 0 spiro atoms. The largest absolute Gasteiger partial charge is 0.386 e. The van der Waals surface area contributed by atoms with Crippen LogP contribution >= 0.6 is 0 Å². The maximum Gasteiger partial charge on any atom is 0.106 e. The van der Waals surface area contributed by atoms with Gasteiger partial charge in [-0.25, -0.2) is 0 Å². The Kier molecular flexibility index (Phi) is 5.62. The van der Waals surface area contributed by atoms with Gasteiger partial charge in [-0.3, -0.25) is 0 Å². The number of aliphatic hydroxyl groups excluding tert-OH is 1. The van der Waals surface area contributed by atoms with Gasteiger partial charge in [0, 0.05) is 6.61 Å². The van der Waals surface area contributed by atoms with Gasteiger partial charge < -0.3 is 9.84 Å². The summed E-state index contributed by atoms with van der Waals surface area (Å²) in [5.41, 5.74) is 3.39. The molecule has 0 aliphatic heterocycles. The molecule has 0 aromatic heterocycles. The summed E-state index contributed by atoms with van der Waals surface area (Å²) in [5, 5.41) is 10.8. The van der Waals surface area contributed by atoms with Crippen LogP contribution in [0.1, 0.15) is 61.8 Å². The first-order valence-corrected chi connectivity index (χ1v) is 8.00. The molecule has 1 aliphatic carbocycles. The maximum absolute atomic E-state index is 10.8. The molecule has 1 fully saturated rings. The van der Waals surface area contributed by atoms with Crippen molar-refractivity contribution in [3.05, 3.63) is 34.9 Å². The third kappa shape index (κ3) is 3.62. The van der Waals surface area contributed by atoms with Crippen LogP contribution in [-0.4, -0.2) is 17.8 Å². The minimum atomic E-state index is -0.502. The molecule has 1 aromatic rings. The number of rotatable bonds is 5. The van der Waals surface area contributed by atoms with E-state index >= 15 is 0 Å². The van der Waals surface area contributed by atoms with Crippen LogP contribution in [0.4, 0.5) is 0 Å². The van der Waals surface area contributed by atoms with E-state index in [1.54, 1.807) is 0 Å². The van der Waals surface area contributed by atoms with Crippen molar-refractivity contribution in [2.24, 2.45) is 5.92 Å². The average Bonchev–Trinajstić information content (AvgIpc) is 2.47. The molecule has 1 aromatic carbocycles. The summed E-state index contributed by atoms with van der Waals surface area (Å²) in [6, 6.07) is 6.30. The van der Waals surface area contributed by atoms with Gasteiger partial charge in [0.2, 0.25) is 0 Å². The lowest BCUT2D eigenvalue weighted by Crippen LogP contribution is -2.32. The highest BCUT2D eigenvalue weighted by Gasteiger charge is 2.31. The maximum atomic E-state index is 10.8. The number of hydrogen-bond acceptors (Lipinski definition) is 2. The molecule has 2 nitrogen and oxygen atoms in total. The van der Waals surface area contributed by atoms with E-state index in [9.17, 15) is 5.11 Å². The number of benzene rings is 1. The van der Waals surface area contributed by atoms with Gasteiger partial charge in [0.05, 0.1) is 6.10 Å². The molecule has 0 bridgehead atoms. The van der Waals surface area contributed by atoms with Crippen LogP contribution in [0.15, 0.2) is 18.2 Å². The Hall–Kier alpha value is -0.860. The van der Waals surface area contributed by atoms with Crippen LogP contribution < -0.4 is 0 Å². The van der Waals surface area contributed by atoms with Crippen LogP contribution in [0.5, 0.6) is 0 Å². The Morgan fingerprint density at radius 3 is 2.55 bits per heavy atom. The molecule has 0 heterocycles. The highest BCUT2D eigenvalue weighted by atomic mass is 16.5. The summed E-state index contributed by atoms with van der Waals surface area (Å²) in [7, 11) is 0. The van der Waals surface area contributed by atoms with E-state index in [4.69, 9.17) is 4.74 Å². The first kappa shape index (κ1) is 15.5. The highest BCUT2D eigenvalue weighted by Crippen LogP contribution is 2.35. The number of aliphatic hydroxyl groups is 1. The lowest BCUT2D eigenvalue weighted by atomic mass is 9.81. The summed E-state index contributed by atoms with van der Waals surface area (Å²) >= 11 is 0. The summed E-state index contributed by atoms with van der Waals surface area (Å²) in [6.07, 6.45) is 5.69. The molecule has 0 amide bonds. The van der Waals surface area contributed by atoms with Gasteiger partial charge in [-0.1, -0.05) is 43.0 Å². The SMILES string of the molecule is CCOC(C1CCCCC1)C(O)c1cc(C)ccc1C. The van der Waals surface area contributed by atoms with Gasteiger partial charge in [0.25, 0.3) is 0 Å². The van der Waals surface area contributed by atoms with E-state index in [1.807, 2.05) is 6.92 Å². The van der Waals surface area contributed by atoms with Gasteiger partial charge in [-0.2, -0.15) is 0 Å².